The summed E-state index contributed by atoms with van der Waals surface area (Å²) in [6.07, 6.45) is 0. The Balaban J connectivity index is 3.07. The second kappa shape index (κ2) is 6.76. The third-order valence-corrected chi connectivity index (χ3v) is 3.47. The Labute approximate surface area is 127 Å². The van der Waals surface area contributed by atoms with Gasteiger partial charge >= 0.3 is 0 Å². The molecule has 100 valence electrons. The van der Waals surface area contributed by atoms with Crippen LogP contribution < -0.4 is 5.32 Å². The highest BCUT2D eigenvalue weighted by atomic mass is 35.5. The number of nitriles is 1. The van der Waals surface area contributed by atoms with Crippen molar-refractivity contribution in [1.29, 1.82) is 5.26 Å². The van der Waals surface area contributed by atoms with Crippen LogP contribution in [-0.4, -0.2) is 10.1 Å². The molecule has 0 aliphatic rings. The molecule has 0 aliphatic carbocycles. The number of benzene rings is 1. The Hall–Kier alpha value is -1.28. The molecule has 0 saturated carbocycles. The quantitative estimate of drug-likeness (QED) is 0.367. The molecule has 3 nitrogen and oxygen atoms in total. The topological polar surface area (TPSA) is 56.0 Å². The highest BCUT2D eigenvalue weighted by Gasteiger charge is 2.15. The third-order valence-electron chi connectivity index (χ3n) is 2.34. The fourth-order valence-electron chi connectivity index (χ4n) is 1.30. The van der Waals surface area contributed by atoms with Crippen LogP contribution in [0.15, 0.2) is 29.5 Å². The zero-order chi connectivity index (χ0) is 14.6. The van der Waals surface area contributed by atoms with Crippen LogP contribution in [0, 0.1) is 17.2 Å². The van der Waals surface area contributed by atoms with E-state index in [0.29, 0.717) is 15.7 Å². The lowest BCUT2D eigenvalue weighted by atomic mass is 10.1. The molecule has 6 heteroatoms. The number of aliphatic hydroxyl groups is 1. The first kappa shape index (κ1) is 15.8. The Morgan fingerprint density at radius 3 is 2.58 bits per heavy atom. The van der Waals surface area contributed by atoms with E-state index >= 15 is 0 Å². The zero-order valence-electron chi connectivity index (χ0n) is 10.4. The Kier molecular flexibility index (Phi) is 5.61. The minimum atomic E-state index is -0.191. The number of nitrogens with zero attached hydrogens (tertiary/aromatic N) is 1. The molecule has 0 heterocycles. The molecule has 1 aromatic carbocycles. The van der Waals surface area contributed by atoms with Gasteiger partial charge in [-0.1, -0.05) is 55.3 Å². The highest BCUT2D eigenvalue weighted by Crippen LogP contribution is 2.30. The molecule has 0 amide bonds. The molecule has 1 aromatic rings. The first-order valence-electron chi connectivity index (χ1n) is 5.47. The summed E-state index contributed by atoms with van der Waals surface area (Å²) in [6.45, 7) is 3.53. The van der Waals surface area contributed by atoms with E-state index in [0.717, 1.165) is 0 Å². The molecule has 0 radical (unpaired) electrons. The van der Waals surface area contributed by atoms with Crippen molar-refractivity contribution in [2.75, 3.05) is 5.32 Å². The van der Waals surface area contributed by atoms with Crippen LogP contribution in [0.1, 0.15) is 13.8 Å². The predicted molar refractivity (Wildman–Crippen MR) is 82.8 cm³/mol. The van der Waals surface area contributed by atoms with Gasteiger partial charge in [0.2, 0.25) is 0 Å². The molecule has 19 heavy (non-hydrogen) atoms. The van der Waals surface area contributed by atoms with Crippen LogP contribution >= 0.6 is 35.4 Å². The number of hydrogen-bond acceptors (Lipinski definition) is 3. The van der Waals surface area contributed by atoms with Crippen LogP contribution in [0.2, 0.25) is 10.0 Å². The third kappa shape index (κ3) is 3.84. The number of halogens is 2. The second-order valence-corrected chi connectivity index (χ2v) is 5.28. The highest BCUT2D eigenvalue weighted by molar-refractivity contribution is 7.81. The van der Waals surface area contributed by atoms with E-state index in [1.54, 1.807) is 32.0 Å². The summed E-state index contributed by atoms with van der Waals surface area (Å²) in [5.41, 5.74) is 0.518. The maximum Gasteiger partial charge on any atom is 0.125 e. The lowest BCUT2D eigenvalue weighted by Gasteiger charge is -2.12. The van der Waals surface area contributed by atoms with Crippen molar-refractivity contribution >= 4 is 46.1 Å². The molecular formula is C13H12Cl2N2OS. The maximum absolute atomic E-state index is 9.83. The van der Waals surface area contributed by atoms with Gasteiger partial charge in [-0.25, -0.2) is 0 Å². The number of hydrogen-bond donors (Lipinski definition) is 2. The van der Waals surface area contributed by atoms with Gasteiger partial charge in [-0.15, -0.1) is 0 Å². The SMILES string of the molecule is CC(C)C(O)=C(C#N)C(=S)Nc1cccc(Cl)c1Cl. The molecule has 0 saturated heterocycles. The van der Waals surface area contributed by atoms with Crippen molar-refractivity contribution in [3.05, 3.63) is 39.6 Å². The van der Waals surface area contributed by atoms with Gasteiger partial charge in [-0.05, 0) is 12.1 Å². The van der Waals surface area contributed by atoms with E-state index in [2.05, 4.69) is 5.32 Å². The average Bonchev–Trinajstić information content (AvgIpc) is 2.35. The van der Waals surface area contributed by atoms with Crippen molar-refractivity contribution in [3.63, 3.8) is 0 Å². The van der Waals surface area contributed by atoms with E-state index in [4.69, 9.17) is 40.7 Å². The van der Waals surface area contributed by atoms with Gasteiger partial charge in [0.15, 0.2) is 0 Å². The molecule has 0 bridgehead atoms. The Morgan fingerprint density at radius 1 is 1.42 bits per heavy atom. The first-order valence-corrected chi connectivity index (χ1v) is 6.63. The van der Waals surface area contributed by atoms with Crippen LogP contribution in [0.3, 0.4) is 0 Å². The lowest BCUT2D eigenvalue weighted by Crippen LogP contribution is -2.15. The van der Waals surface area contributed by atoms with Crippen molar-refractivity contribution in [1.82, 2.24) is 0 Å². The van der Waals surface area contributed by atoms with Gasteiger partial charge in [0.25, 0.3) is 0 Å². The maximum atomic E-state index is 9.83. The van der Waals surface area contributed by atoms with Gasteiger partial charge in [-0.2, -0.15) is 5.26 Å². The van der Waals surface area contributed by atoms with E-state index < -0.39 is 0 Å². The predicted octanol–water partition coefficient (Wildman–Crippen LogP) is 4.72. The zero-order valence-corrected chi connectivity index (χ0v) is 12.7. The number of anilines is 1. The van der Waals surface area contributed by atoms with Crippen LogP contribution in [0.5, 0.6) is 0 Å². The number of aliphatic hydroxyl groups excluding tert-OH is 1. The Bertz CT molecular complexity index is 576. The largest absolute Gasteiger partial charge is 0.511 e. The van der Waals surface area contributed by atoms with Gasteiger partial charge in [-0.3, -0.25) is 0 Å². The monoisotopic (exact) mass is 314 g/mol. The fraction of sp³-hybridized carbons (Fsp3) is 0.231. The van der Waals surface area contributed by atoms with Crippen LogP contribution in [0.4, 0.5) is 5.69 Å². The summed E-state index contributed by atoms with van der Waals surface area (Å²) in [4.78, 5) is 0.109. The summed E-state index contributed by atoms with van der Waals surface area (Å²) in [5, 5.41) is 22.4. The fourth-order valence-corrected chi connectivity index (χ4v) is 1.91. The van der Waals surface area contributed by atoms with Gasteiger partial charge < -0.3 is 10.4 Å². The molecule has 0 aromatic heterocycles. The van der Waals surface area contributed by atoms with Gasteiger partial charge in [0.1, 0.15) is 22.4 Å². The van der Waals surface area contributed by atoms with Crippen molar-refractivity contribution < 1.29 is 5.11 Å². The van der Waals surface area contributed by atoms with Crippen molar-refractivity contribution in [3.8, 4) is 6.07 Å². The number of thiocarbonyl (C=S) groups is 1. The van der Waals surface area contributed by atoms with Crippen molar-refractivity contribution in [2.45, 2.75) is 13.8 Å². The smallest absolute Gasteiger partial charge is 0.125 e. The summed E-state index contributed by atoms with van der Waals surface area (Å²) in [6, 6.07) is 6.92. The summed E-state index contributed by atoms with van der Waals surface area (Å²) < 4.78 is 0. The number of rotatable bonds is 3. The molecule has 2 N–H and O–H groups in total. The summed E-state index contributed by atoms with van der Waals surface area (Å²) in [7, 11) is 0. The van der Waals surface area contributed by atoms with E-state index in [-0.39, 0.29) is 22.2 Å². The van der Waals surface area contributed by atoms with E-state index in [1.165, 1.54) is 0 Å². The van der Waals surface area contributed by atoms with E-state index in [1.807, 2.05) is 6.07 Å². The van der Waals surface area contributed by atoms with Gasteiger partial charge in [0, 0.05) is 5.92 Å². The number of nitrogens with one attached hydrogen (secondary N) is 1. The lowest BCUT2D eigenvalue weighted by molar-refractivity contribution is 0.350. The Morgan fingerprint density at radius 2 is 2.05 bits per heavy atom. The number of allylic oxidation sites excluding steroid dienone is 1. The van der Waals surface area contributed by atoms with Crippen LogP contribution in [0.25, 0.3) is 0 Å². The second-order valence-electron chi connectivity index (χ2n) is 4.08. The summed E-state index contributed by atoms with van der Waals surface area (Å²) in [5.74, 6) is -0.248. The first-order chi connectivity index (χ1) is 8.88. The molecule has 1 rings (SSSR count). The molecule has 0 unspecified atom stereocenters. The van der Waals surface area contributed by atoms with Crippen LogP contribution in [-0.2, 0) is 0 Å². The standard InChI is InChI=1S/C13H12Cl2N2OS/c1-7(2)12(18)8(6-16)13(19)17-10-5-3-4-9(14)11(10)15/h3-5,7,18H,1-2H3,(H,17,19). The molecule has 0 spiro atoms. The molecular weight excluding hydrogens is 303 g/mol. The summed E-state index contributed by atoms with van der Waals surface area (Å²) >= 11 is 17.0. The molecule has 0 aliphatic heterocycles. The molecule has 0 atom stereocenters. The average molecular weight is 315 g/mol. The molecule has 0 fully saturated rings. The van der Waals surface area contributed by atoms with E-state index in [9.17, 15) is 5.11 Å². The minimum Gasteiger partial charge on any atom is -0.511 e. The van der Waals surface area contributed by atoms with Gasteiger partial charge in [0.05, 0.1) is 15.7 Å². The minimum absolute atomic E-state index is 0.0287. The normalized spacial score (nSPS) is 11.8. The van der Waals surface area contributed by atoms with Crippen molar-refractivity contribution in [2.24, 2.45) is 5.92 Å².